The molecule has 224 valence electrons. The first-order valence-electron chi connectivity index (χ1n) is 14.5. The smallest absolute Gasteiger partial charge is 0.193 e. The van der Waals surface area contributed by atoms with E-state index in [9.17, 15) is 4.79 Å². The highest BCUT2D eigenvalue weighted by molar-refractivity contribution is 14.1. The Kier molecular flexibility index (Phi) is 12.3. The standard InChI is InChI=1S/C36H37IO6/c37-21-31-33(38)35(41-24-29-17-9-3-10-18-29)36(42-25-30-19-11-4-12-20-30)34(40-23-28-15-7-2-8-16-28)32(43-31)26-39-22-27-13-5-1-6-14-27/h1-20,31-32,34-36H,21-26H2/t31-,32+,34+,35-,36-/m0/s1. The minimum absolute atomic E-state index is 0.151. The maximum absolute atomic E-state index is 14.0. The fourth-order valence-corrected chi connectivity index (χ4v) is 5.69. The van der Waals surface area contributed by atoms with Crippen LogP contribution >= 0.6 is 22.6 Å². The highest BCUT2D eigenvalue weighted by atomic mass is 127. The summed E-state index contributed by atoms with van der Waals surface area (Å²) in [4.78, 5) is 14.0. The second kappa shape index (κ2) is 16.8. The van der Waals surface area contributed by atoms with Crippen LogP contribution in [0.5, 0.6) is 0 Å². The van der Waals surface area contributed by atoms with Gasteiger partial charge in [0.25, 0.3) is 0 Å². The van der Waals surface area contributed by atoms with Gasteiger partial charge in [-0.25, -0.2) is 0 Å². The van der Waals surface area contributed by atoms with Crippen molar-refractivity contribution in [3.63, 3.8) is 0 Å². The molecule has 1 saturated heterocycles. The van der Waals surface area contributed by atoms with Gasteiger partial charge in [0.2, 0.25) is 0 Å². The van der Waals surface area contributed by atoms with Gasteiger partial charge in [0.15, 0.2) is 5.78 Å². The van der Waals surface area contributed by atoms with E-state index in [-0.39, 0.29) is 19.0 Å². The zero-order valence-corrected chi connectivity index (χ0v) is 26.2. The van der Waals surface area contributed by atoms with Crippen molar-refractivity contribution >= 4 is 28.4 Å². The van der Waals surface area contributed by atoms with Gasteiger partial charge in [0.05, 0.1) is 33.0 Å². The lowest BCUT2D eigenvalue weighted by Crippen LogP contribution is -2.50. The predicted molar refractivity (Wildman–Crippen MR) is 174 cm³/mol. The number of hydrogen-bond donors (Lipinski definition) is 0. The van der Waals surface area contributed by atoms with Gasteiger partial charge in [-0.15, -0.1) is 0 Å². The highest BCUT2D eigenvalue weighted by Gasteiger charge is 2.48. The average Bonchev–Trinajstić information content (AvgIpc) is 3.17. The maximum Gasteiger partial charge on any atom is 0.193 e. The van der Waals surface area contributed by atoms with E-state index < -0.39 is 30.5 Å². The molecule has 0 aromatic heterocycles. The molecule has 1 aliphatic rings. The lowest BCUT2D eigenvalue weighted by atomic mass is 9.99. The summed E-state index contributed by atoms with van der Waals surface area (Å²) < 4.78 is 32.8. The Morgan fingerprint density at radius 2 is 0.977 bits per heavy atom. The Morgan fingerprint density at radius 3 is 1.44 bits per heavy atom. The van der Waals surface area contributed by atoms with Gasteiger partial charge in [0, 0.05) is 4.43 Å². The molecule has 4 aromatic rings. The molecule has 0 radical (unpaired) electrons. The van der Waals surface area contributed by atoms with Crippen LogP contribution in [0.2, 0.25) is 0 Å². The summed E-state index contributed by atoms with van der Waals surface area (Å²) in [5, 5.41) is 0. The third-order valence-electron chi connectivity index (χ3n) is 7.30. The molecular weight excluding hydrogens is 655 g/mol. The van der Waals surface area contributed by atoms with Crippen LogP contribution in [0.25, 0.3) is 0 Å². The SMILES string of the molecule is O=C1[C@H](CI)O[C@H](COCc2ccccc2)[C@@H](OCc2ccccc2)[C@H](OCc2ccccc2)[C@H]1OCc1ccccc1. The van der Waals surface area contributed by atoms with E-state index in [1.54, 1.807) is 0 Å². The van der Waals surface area contributed by atoms with E-state index in [0.29, 0.717) is 24.2 Å². The first-order valence-corrected chi connectivity index (χ1v) is 16.1. The monoisotopic (exact) mass is 692 g/mol. The van der Waals surface area contributed by atoms with Crippen LogP contribution < -0.4 is 0 Å². The molecule has 7 heteroatoms. The highest BCUT2D eigenvalue weighted by Crippen LogP contribution is 2.29. The third-order valence-corrected chi connectivity index (χ3v) is 8.10. The molecule has 0 unspecified atom stereocenters. The predicted octanol–water partition coefficient (Wildman–Crippen LogP) is 6.73. The zero-order valence-electron chi connectivity index (χ0n) is 24.0. The molecule has 1 heterocycles. The van der Waals surface area contributed by atoms with E-state index in [1.807, 2.05) is 121 Å². The van der Waals surface area contributed by atoms with Crippen molar-refractivity contribution in [3.8, 4) is 0 Å². The van der Waals surface area contributed by atoms with Crippen LogP contribution in [0.1, 0.15) is 22.3 Å². The van der Waals surface area contributed by atoms with Crippen molar-refractivity contribution in [3.05, 3.63) is 144 Å². The summed E-state index contributed by atoms with van der Waals surface area (Å²) in [6, 6.07) is 39.7. The average molecular weight is 693 g/mol. The molecule has 5 rings (SSSR count). The van der Waals surface area contributed by atoms with Crippen molar-refractivity contribution in [1.29, 1.82) is 0 Å². The second-order valence-electron chi connectivity index (χ2n) is 10.5. The molecule has 6 nitrogen and oxygen atoms in total. The Bertz CT molecular complexity index is 1360. The number of halogens is 1. The maximum atomic E-state index is 14.0. The van der Waals surface area contributed by atoms with Crippen LogP contribution in [0, 0.1) is 0 Å². The number of ether oxygens (including phenoxy) is 5. The van der Waals surface area contributed by atoms with E-state index >= 15 is 0 Å². The van der Waals surface area contributed by atoms with E-state index in [2.05, 4.69) is 22.6 Å². The van der Waals surface area contributed by atoms with E-state index in [0.717, 1.165) is 22.3 Å². The quantitative estimate of drug-likeness (QED) is 0.108. The van der Waals surface area contributed by atoms with Crippen molar-refractivity contribution in [2.45, 2.75) is 56.9 Å². The normalized spacial score (nSPS) is 22.3. The van der Waals surface area contributed by atoms with Crippen LogP contribution in [-0.4, -0.2) is 47.3 Å². The van der Waals surface area contributed by atoms with E-state index in [1.165, 1.54) is 0 Å². The first kappa shape index (κ1) is 31.5. The van der Waals surface area contributed by atoms with Gasteiger partial charge in [-0.1, -0.05) is 144 Å². The number of alkyl halides is 1. The fourth-order valence-electron chi connectivity index (χ4n) is 5.05. The van der Waals surface area contributed by atoms with Gasteiger partial charge in [-0.05, 0) is 22.3 Å². The molecule has 0 amide bonds. The van der Waals surface area contributed by atoms with Gasteiger partial charge in [0.1, 0.15) is 30.5 Å². The Hall–Kier alpha value is -2.92. The molecule has 5 atom stereocenters. The Balaban J connectivity index is 1.45. The van der Waals surface area contributed by atoms with Gasteiger partial charge < -0.3 is 23.7 Å². The van der Waals surface area contributed by atoms with Gasteiger partial charge >= 0.3 is 0 Å². The van der Waals surface area contributed by atoms with Gasteiger partial charge in [-0.2, -0.15) is 0 Å². The molecule has 0 bridgehead atoms. The van der Waals surface area contributed by atoms with Gasteiger partial charge in [-0.3, -0.25) is 4.79 Å². The topological polar surface area (TPSA) is 63.2 Å². The number of benzene rings is 4. The van der Waals surface area contributed by atoms with Crippen molar-refractivity contribution in [2.75, 3.05) is 11.0 Å². The number of carbonyl (C=O) groups is 1. The van der Waals surface area contributed by atoms with Crippen LogP contribution in [0.4, 0.5) is 0 Å². The fraction of sp³-hybridized carbons (Fsp3) is 0.306. The summed E-state index contributed by atoms with van der Waals surface area (Å²) in [7, 11) is 0. The van der Waals surface area contributed by atoms with E-state index in [4.69, 9.17) is 23.7 Å². The van der Waals surface area contributed by atoms with Crippen LogP contribution in [0.3, 0.4) is 0 Å². The molecule has 0 saturated carbocycles. The first-order chi connectivity index (χ1) is 21.2. The van der Waals surface area contributed by atoms with Crippen molar-refractivity contribution in [2.24, 2.45) is 0 Å². The minimum atomic E-state index is -0.899. The molecule has 0 N–H and O–H groups in total. The molecular formula is C36H37IO6. The van der Waals surface area contributed by atoms with Crippen LogP contribution in [0.15, 0.2) is 121 Å². The molecule has 43 heavy (non-hydrogen) atoms. The molecule has 0 spiro atoms. The van der Waals surface area contributed by atoms with Crippen molar-refractivity contribution in [1.82, 2.24) is 0 Å². The Morgan fingerprint density at radius 1 is 0.558 bits per heavy atom. The number of ketones is 1. The number of hydrogen-bond acceptors (Lipinski definition) is 6. The molecule has 4 aromatic carbocycles. The zero-order chi connectivity index (χ0) is 29.7. The summed E-state index contributed by atoms with van der Waals surface area (Å²) in [5.41, 5.74) is 4.03. The van der Waals surface area contributed by atoms with Crippen LogP contribution in [-0.2, 0) is 54.9 Å². The lowest BCUT2D eigenvalue weighted by molar-refractivity contribution is -0.180. The Labute approximate surface area is 267 Å². The summed E-state index contributed by atoms with van der Waals surface area (Å²) in [5.74, 6) is -0.151. The number of rotatable bonds is 14. The summed E-state index contributed by atoms with van der Waals surface area (Å²) in [6.45, 7) is 1.52. The third kappa shape index (κ3) is 9.28. The molecule has 1 aliphatic heterocycles. The number of carbonyl (C=O) groups excluding carboxylic acids is 1. The second-order valence-corrected chi connectivity index (χ2v) is 11.3. The summed E-state index contributed by atoms with van der Waals surface area (Å²) in [6.07, 6.45) is -3.54. The lowest BCUT2D eigenvalue weighted by Gasteiger charge is -2.34. The molecule has 1 fully saturated rings. The number of Topliss-reactive ketones (excluding diaryl/α,β-unsaturated/α-hetero) is 1. The minimum Gasteiger partial charge on any atom is -0.374 e. The summed E-state index contributed by atoms with van der Waals surface area (Å²) >= 11 is 2.20. The van der Waals surface area contributed by atoms with Crippen molar-refractivity contribution < 1.29 is 28.5 Å². The largest absolute Gasteiger partial charge is 0.374 e. The molecule has 0 aliphatic carbocycles.